The van der Waals surface area contributed by atoms with Crippen LogP contribution in [-0.4, -0.2) is 20.4 Å². The van der Waals surface area contributed by atoms with Gasteiger partial charge in [0.15, 0.2) is 0 Å². The van der Waals surface area contributed by atoms with Gasteiger partial charge in [-0.25, -0.2) is 9.97 Å². The van der Waals surface area contributed by atoms with Crippen LogP contribution in [-0.2, 0) is 19.9 Å². The molecule has 5 nitrogen and oxygen atoms in total. The number of anilines is 1. The van der Waals surface area contributed by atoms with Crippen LogP contribution < -0.4 is 5.32 Å². The van der Waals surface area contributed by atoms with E-state index >= 15 is 0 Å². The van der Waals surface area contributed by atoms with Gasteiger partial charge in [-0.15, -0.1) is 0 Å². The van der Waals surface area contributed by atoms with Gasteiger partial charge < -0.3 is 9.88 Å². The largest absolute Gasteiger partial charge is 0.334 e. The van der Waals surface area contributed by atoms with E-state index in [0.29, 0.717) is 11.4 Å². The van der Waals surface area contributed by atoms with Crippen molar-refractivity contribution in [2.75, 3.05) is 5.32 Å². The summed E-state index contributed by atoms with van der Waals surface area (Å²) < 4.78 is 1.98. The molecule has 0 aliphatic heterocycles. The van der Waals surface area contributed by atoms with E-state index in [0.717, 1.165) is 34.9 Å². The summed E-state index contributed by atoms with van der Waals surface area (Å²) in [5.41, 5.74) is 5.27. The fraction of sp³-hybridized carbons (Fsp3) is 0.269. The van der Waals surface area contributed by atoms with Crippen molar-refractivity contribution >= 4 is 22.5 Å². The van der Waals surface area contributed by atoms with Crippen LogP contribution in [0.15, 0.2) is 61.2 Å². The Labute approximate surface area is 185 Å². The molecule has 0 unspecified atom stereocenters. The molecule has 0 aliphatic rings. The molecular weight excluding hydrogens is 384 g/mol. The van der Waals surface area contributed by atoms with Gasteiger partial charge in [0, 0.05) is 31.2 Å². The van der Waals surface area contributed by atoms with Gasteiger partial charge in [0.1, 0.15) is 5.82 Å². The van der Waals surface area contributed by atoms with Gasteiger partial charge in [-0.1, -0.05) is 45.9 Å². The molecule has 0 aliphatic carbocycles. The molecule has 4 rings (SSSR count). The van der Waals surface area contributed by atoms with Crippen LogP contribution in [0.25, 0.3) is 22.0 Å². The molecule has 0 radical (unpaired) electrons. The minimum Gasteiger partial charge on any atom is -0.334 e. The number of hydrogen-bond donors (Lipinski definition) is 1. The first-order valence-corrected chi connectivity index (χ1v) is 10.9. The normalized spacial score (nSPS) is 10.5. The van der Waals surface area contributed by atoms with Gasteiger partial charge in [0.25, 0.3) is 5.91 Å². The Morgan fingerprint density at radius 2 is 1.74 bits per heavy atom. The Morgan fingerprint density at radius 1 is 0.968 bits per heavy atom. The predicted octanol–water partition coefficient (Wildman–Crippen LogP) is 6.28. The summed E-state index contributed by atoms with van der Waals surface area (Å²) >= 11 is 0. The fourth-order valence-electron chi connectivity index (χ4n) is 3.63. The summed E-state index contributed by atoms with van der Waals surface area (Å²) in [7, 11) is 1.97. The van der Waals surface area contributed by atoms with Crippen LogP contribution in [0, 0.1) is 0 Å². The number of pyridine rings is 1. The highest BCUT2D eigenvalue weighted by molar-refractivity contribution is 6.04. The summed E-state index contributed by atoms with van der Waals surface area (Å²) in [6.07, 6.45) is 7.30. The number of imidazole rings is 1. The lowest BCUT2D eigenvalue weighted by atomic mass is 10.00. The van der Waals surface area contributed by atoms with Gasteiger partial charge in [-0.2, -0.15) is 0 Å². The molecule has 0 atom stereocenters. The van der Waals surface area contributed by atoms with Crippen LogP contribution in [0.2, 0.25) is 0 Å². The van der Waals surface area contributed by atoms with Crippen LogP contribution in [0.5, 0.6) is 0 Å². The maximum absolute atomic E-state index is 12.8. The molecule has 162 valence electrons. The molecule has 2 heterocycles. The number of rotatable bonds is 5. The highest BCUT2D eigenvalue weighted by atomic mass is 16.1. The minimum atomic E-state index is -0.142. The van der Waals surface area contributed by atoms with Crippen molar-refractivity contribution in [1.29, 1.82) is 0 Å². The SMILES string of the molecule is CC.CCc1ccc(C(=O)Nc2cc3cc(-c4cncn4C)ccc3cn2)cc1CC.[HH]. The molecule has 2 aromatic heterocycles. The third-order valence-electron chi connectivity index (χ3n) is 5.31. The predicted molar refractivity (Wildman–Crippen MR) is 131 cm³/mol. The van der Waals surface area contributed by atoms with E-state index in [4.69, 9.17) is 0 Å². The highest BCUT2D eigenvalue weighted by Crippen LogP contribution is 2.25. The molecule has 4 aromatic rings. The minimum absolute atomic E-state index is 0. The number of nitrogens with zero attached hydrogens (tertiary/aromatic N) is 3. The smallest absolute Gasteiger partial charge is 0.256 e. The Hall–Kier alpha value is -3.47. The van der Waals surface area contributed by atoms with E-state index in [1.807, 2.05) is 62.0 Å². The second-order valence-corrected chi connectivity index (χ2v) is 7.17. The Bertz CT molecular complexity index is 1200. The van der Waals surface area contributed by atoms with Crippen LogP contribution in [0.3, 0.4) is 0 Å². The fourth-order valence-corrected chi connectivity index (χ4v) is 3.63. The van der Waals surface area contributed by atoms with Gasteiger partial charge >= 0.3 is 0 Å². The van der Waals surface area contributed by atoms with Crippen molar-refractivity contribution in [1.82, 2.24) is 14.5 Å². The van der Waals surface area contributed by atoms with E-state index in [2.05, 4.69) is 41.3 Å². The Balaban J connectivity index is 0.00000118. The average Bonchev–Trinajstić information content (AvgIpc) is 3.25. The molecule has 2 aromatic carbocycles. The molecular formula is C26H32N4O. The molecule has 1 N–H and O–H groups in total. The number of hydrogen-bond acceptors (Lipinski definition) is 3. The second-order valence-electron chi connectivity index (χ2n) is 7.17. The van der Waals surface area contributed by atoms with Gasteiger partial charge in [-0.3, -0.25) is 4.79 Å². The Kier molecular flexibility index (Phi) is 7.19. The molecule has 1 amide bonds. The van der Waals surface area contributed by atoms with E-state index in [9.17, 15) is 4.79 Å². The van der Waals surface area contributed by atoms with Gasteiger partial charge in [0.2, 0.25) is 0 Å². The highest BCUT2D eigenvalue weighted by Gasteiger charge is 2.11. The number of benzene rings is 2. The van der Waals surface area contributed by atoms with Crippen molar-refractivity contribution in [3.8, 4) is 11.3 Å². The zero-order chi connectivity index (χ0) is 22.4. The van der Waals surface area contributed by atoms with E-state index in [-0.39, 0.29) is 7.33 Å². The van der Waals surface area contributed by atoms with Crippen molar-refractivity contribution in [2.45, 2.75) is 40.5 Å². The standard InChI is InChI=1S/C24H24N4O.C2H6.H2/c1-4-16-6-8-19(10-17(16)5-2)24(29)27-23-12-21-11-18(7-9-20(21)13-26-23)22-14-25-15-28(22)3;1-2;/h6-15H,4-5H2,1-3H3,(H,26,27,29);1-2H3;1H. The molecule has 5 heteroatoms. The number of fused-ring (bicyclic) bond motifs is 1. The number of nitrogens with one attached hydrogen (secondary N) is 1. The lowest BCUT2D eigenvalue weighted by Gasteiger charge is -2.10. The monoisotopic (exact) mass is 416 g/mol. The number of carbonyl (C=O) groups is 1. The number of amides is 1. The molecule has 0 bridgehead atoms. The molecule has 0 fully saturated rings. The van der Waals surface area contributed by atoms with Crippen LogP contribution in [0.1, 0.15) is 50.6 Å². The first-order valence-electron chi connectivity index (χ1n) is 10.9. The van der Waals surface area contributed by atoms with E-state index in [1.165, 1.54) is 11.1 Å². The van der Waals surface area contributed by atoms with Crippen LogP contribution >= 0.6 is 0 Å². The summed E-state index contributed by atoms with van der Waals surface area (Å²) in [5, 5.41) is 4.98. The third-order valence-corrected chi connectivity index (χ3v) is 5.31. The van der Waals surface area contributed by atoms with E-state index in [1.54, 1.807) is 12.5 Å². The molecule has 0 saturated carbocycles. The lowest BCUT2D eigenvalue weighted by molar-refractivity contribution is 0.102. The van der Waals surface area contributed by atoms with Crippen molar-refractivity contribution in [3.05, 3.63) is 77.9 Å². The number of aryl methyl sites for hydroxylation is 3. The zero-order valence-electron chi connectivity index (χ0n) is 18.9. The average molecular weight is 417 g/mol. The number of carbonyl (C=O) groups excluding carboxylic acids is 1. The quantitative estimate of drug-likeness (QED) is 0.416. The van der Waals surface area contributed by atoms with Crippen LogP contribution in [0.4, 0.5) is 5.82 Å². The first kappa shape index (κ1) is 22.2. The summed E-state index contributed by atoms with van der Waals surface area (Å²) in [6, 6.07) is 14.0. The molecule has 0 spiro atoms. The maximum atomic E-state index is 12.8. The third kappa shape index (κ3) is 4.82. The first-order chi connectivity index (χ1) is 15.1. The van der Waals surface area contributed by atoms with Crippen molar-refractivity contribution in [3.63, 3.8) is 0 Å². The summed E-state index contributed by atoms with van der Waals surface area (Å²) in [4.78, 5) is 21.4. The molecule has 0 saturated heterocycles. The summed E-state index contributed by atoms with van der Waals surface area (Å²) in [6.45, 7) is 8.24. The van der Waals surface area contributed by atoms with Crippen molar-refractivity contribution in [2.24, 2.45) is 7.05 Å². The molecule has 31 heavy (non-hydrogen) atoms. The van der Waals surface area contributed by atoms with Gasteiger partial charge in [-0.05, 0) is 53.6 Å². The lowest BCUT2D eigenvalue weighted by Crippen LogP contribution is -2.13. The van der Waals surface area contributed by atoms with E-state index < -0.39 is 0 Å². The Morgan fingerprint density at radius 3 is 2.42 bits per heavy atom. The van der Waals surface area contributed by atoms with Gasteiger partial charge in [0.05, 0.1) is 18.2 Å². The second kappa shape index (κ2) is 10.0. The van der Waals surface area contributed by atoms with Crippen molar-refractivity contribution < 1.29 is 6.22 Å². The maximum Gasteiger partial charge on any atom is 0.256 e. The topological polar surface area (TPSA) is 59.8 Å². The summed E-state index contributed by atoms with van der Waals surface area (Å²) in [5.74, 6) is 0.402. The zero-order valence-corrected chi connectivity index (χ0v) is 18.9. The number of aromatic nitrogens is 3.